The van der Waals surface area contributed by atoms with E-state index in [4.69, 9.17) is 0 Å². The predicted octanol–water partition coefficient (Wildman–Crippen LogP) is 2.25. The van der Waals surface area contributed by atoms with Crippen molar-refractivity contribution >= 4 is 22.1 Å². The molecular weight excluding hydrogens is 166 g/mol. The second kappa shape index (κ2) is 2.82. The van der Waals surface area contributed by atoms with E-state index in [2.05, 4.69) is 27.0 Å². The molecule has 0 amide bonds. The molecule has 0 bridgehead atoms. The molecule has 0 fully saturated rings. The van der Waals surface area contributed by atoms with Crippen molar-refractivity contribution in [3.05, 3.63) is 22.8 Å². The summed E-state index contributed by atoms with van der Waals surface area (Å²) in [7, 11) is 0. The molecule has 0 aromatic carbocycles. The van der Waals surface area contributed by atoms with Gasteiger partial charge in [-0.1, -0.05) is 12.2 Å². The lowest BCUT2D eigenvalue weighted by Gasteiger charge is -1.78. The quantitative estimate of drug-likeness (QED) is 0.531. The third-order valence-corrected chi connectivity index (χ3v) is 1.37. The largest absolute Gasteiger partial charge is 0.264 e. The Bertz CT molecular complexity index is 153. The summed E-state index contributed by atoms with van der Waals surface area (Å²) in [5.41, 5.74) is 0. The van der Waals surface area contributed by atoms with E-state index in [1.165, 1.54) is 0 Å². The van der Waals surface area contributed by atoms with Crippen molar-refractivity contribution in [2.45, 2.75) is 6.42 Å². The minimum Gasteiger partial charge on any atom is -0.264 e. The molecule has 2 heteroatoms. The Morgan fingerprint density at radius 1 is 1.62 bits per heavy atom. The Kier molecular flexibility index (Phi) is 2.03. The van der Waals surface area contributed by atoms with Gasteiger partial charge in [0, 0.05) is 16.9 Å². The zero-order valence-corrected chi connectivity index (χ0v) is 5.93. The van der Waals surface area contributed by atoms with Gasteiger partial charge in [0.15, 0.2) is 0 Å². The first-order valence-corrected chi connectivity index (χ1v) is 3.23. The van der Waals surface area contributed by atoms with Crippen LogP contribution in [-0.4, -0.2) is 6.21 Å². The Morgan fingerprint density at radius 3 is 3.38 bits per heavy atom. The summed E-state index contributed by atoms with van der Waals surface area (Å²) in [6.07, 6.45) is 8.62. The van der Waals surface area contributed by atoms with Crippen LogP contribution < -0.4 is 0 Å². The van der Waals surface area contributed by atoms with Gasteiger partial charge in [0.1, 0.15) is 0 Å². The molecule has 0 aromatic heterocycles. The van der Waals surface area contributed by atoms with Crippen LogP contribution in [0, 0.1) is 0 Å². The van der Waals surface area contributed by atoms with Crippen LogP contribution in [0.15, 0.2) is 27.8 Å². The number of aliphatic imine (C=N–C) groups is 1. The molecule has 0 unspecified atom stereocenters. The van der Waals surface area contributed by atoms with Gasteiger partial charge in [-0.3, -0.25) is 4.99 Å². The normalized spacial score (nSPS) is 17.9. The standard InChI is InChI=1S/C6H6BrN/c7-6-3-1-2-4-8-5-6/h2-5H,1H2. The summed E-state index contributed by atoms with van der Waals surface area (Å²) in [5, 5.41) is 0. The lowest BCUT2D eigenvalue weighted by atomic mass is 10.4. The molecule has 1 aliphatic rings. The fraction of sp³-hybridized carbons (Fsp3) is 0.167. The second-order valence-corrected chi connectivity index (χ2v) is 2.40. The maximum atomic E-state index is 3.93. The van der Waals surface area contributed by atoms with Gasteiger partial charge < -0.3 is 0 Å². The van der Waals surface area contributed by atoms with Gasteiger partial charge in [0.25, 0.3) is 0 Å². The average Bonchev–Trinajstić information content (AvgIpc) is 1.94. The summed E-state index contributed by atoms with van der Waals surface area (Å²) in [5.74, 6) is 0. The molecule has 1 aliphatic heterocycles. The van der Waals surface area contributed by atoms with Crippen LogP contribution in [0.4, 0.5) is 0 Å². The van der Waals surface area contributed by atoms with Crippen molar-refractivity contribution in [3.63, 3.8) is 0 Å². The second-order valence-electron chi connectivity index (χ2n) is 1.49. The van der Waals surface area contributed by atoms with Gasteiger partial charge in [-0.25, -0.2) is 0 Å². The van der Waals surface area contributed by atoms with Crippen LogP contribution in [-0.2, 0) is 0 Å². The molecule has 0 aliphatic carbocycles. The molecule has 0 radical (unpaired) electrons. The van der Waals surface area contributed by atoms with Gasteiger partial charge in [-0.2, -0.15) is 0 Å². The minimum atomic E-state index is 0.973. The summed E-state index contributed by atoms with van der Waals surface area (Å²) in [6, 6.07) is 0. The molecule has 42 valence electrons. The molecule has 0 N–H and O–H groups in total. The average molecular weight is 172 g/mol. The summed E-state index contributed by atoms with van der Waals surface area (Å²) < 4.78 is 1.06. The molecule has 0 saturated carbocycles. The van der Waals surface area contributed by atoms with E-state index >= 15 is 0 Å². The van der Waals surface area contributed by atoms with Gasteiger partial charge in [0.2, 0.25) is 0 Å². The molecule has 1 nitrogen and oxygen atoms in total. The zero-order valence-electron chi connectivity index (χ0n) is 4.34. The Balaban J connectivity index is 2.69. The molecule has 8 heavy (non-hydrogen) atoms. The molecule has 0 atom stereocenters. The highest BCUT2D eigenvalue weighted by Crippen LogP contribution is 2.05. The highest BCUT2D eigenvalue weighted by Gasteiger charge is 1.84. The van der Waals surface area contributed by atoms with E-state index in [0.29, 0.717) is 0 Å². The number of nitrogens with zero attached hydrogens (tertiary/aromatic N) is 1. The van der Waals surface area contributed by atoms with E-state index in [1.54, 1.807) is 12.4 Å². The Hall–Kier alpha value is -0.370. The Labute approximate surface area is 56.9 Å². The first-order chi connectivity index (χ1) is 3.89. The summed E-state index contributed by atoms with van der Waals surface area (Å²) in [6.45, 7) is 0. The number of hydrogen-bond donors (Lipinski definition) is 0. The van der Waals surface area contributed by atoms with Gasteiger partial charge >= 0.3 is 0 Å². The van der Waals surface area contributed by atoms with E-state index in [1.807, 2.05) is 6.08 Å². The lowest BCUT2D eigenvalue weighted by molar-refractivity contribution is 1.38. The van der Waals surface area contributed by atoms with Crippen molar-refractivity contribution in [3.8, 4) is 0 Å². The number of rotatable bonds is 0. The van der Waals surface area contributed by atoms with Gasteiger partial charge in [0.05, 0.1) is 0 Å². The van der Waals surface area contributed by atoms with Crippen molar-refractivity contribution in [1.82, 2.24) is 0 Å². The van der Waals surface area contributed by atoms with Crippen molar-refractivity contribution in [1.29, 1.82) is 0 Å². The van der Waals surface area contributed by atoms with Crippen LogP contribution >= 0.6 is 15.9 Å². The first-order valence-electron chi connectivity index (χ1n) is 2.43. The fourth-order valence-electron chi connectivity index (χ4n) is 0.469. The molecule has 0 spiro atoms. The topological polar surface area (TPSA) is 12.4 Å². The highest BCUT2D eigenvalue weighted by molar-refractivity contribution is 9.12. The van der Waals surface area contributed by atoms with Crippen LogP contribution in [0.5, 0.6) is 0 Å². The third kappa shape index (κ3) is 1.62. The van der Waals surface area contributed by atoms with Crippen LogP contribution in [0.2, 0.25) is 0 Å². The van der Waals surface area contributed by atoms with E-state index < -0.39 is 0 Å². The third-order valence-electron chi connectivity index (χ3n) is 0.838. The summed E-state index contributed by atoms with van der Waals surface area (Å²) >= 11 is 3.31. The molecule has 0 aromatic rings. The maximum Gasteiger partial charge on any atom is 0.0406 e. The molecule has 0 saturated heterocycles. The van der Waals surface area contributed by atoms with Crippen LogP contribution in [0.25, 0.3) is 0 Å². The van der Waals surface area contributed by atoms with E-state index in [0.717, 1.165) is 10.9 Å². The van der Waals surface area contributed by atoms with Crippen LogP contribution in [0.1, 0.15) is 6.42 Å². The van der Waals surface area contributed by atoms with Crippen molar-refractivity contribution < 1.29 is 0 Å². The monoisotopic (exact) mass is 171 g/mol. The van der Waals surface area contributed by atoms with E-state index in [9.17, 15) is 0 Å². The first kappa shape index (κ1) is 5.76. The minimum absolute atomic E-state index is 0.973. The summed E-state index contributed by atoms with van der Waals surface area (Å²) in [4.78, 5) is 3.93. The number of halogens is 1. The SMILES string of the molecule is BrC1=CCC=CN=C1. The molecule has 1 heterocycles. The maximum absolute atomic E-state index is 3.93. The van der Waals surface area contributed by atoms with Gasteiger partial charge in [-0.15, -0.1) is 0 Å². The zero-order chi connectivity index (χ0) is 5.82. The van der Waals surface area contributed by atoms with Gasteiger partial charge in [-0.05, 0) is 22.4 Å². The van der Waals surface area contributed by atoms with Crippen molar-refractivity contribution in [2.24, 2.45) is 4.99 Å². The number of allylic oxidation sites excluding steroid dienone is 3. The lowest BCUT2D eigenvalue weighted by Crippen LogP contribution is -1.66. The molecular formula is C6H6BrN. The Morgan fingerprint density at radius 2 is 2.50 bits per heavy atom. The van der Waals surface area contributed by atoms with Crippen LogP contribution in [0.3, 0.4) is 0 Å². The smallest absolute Gasteiger partial charge is 0.0406 e. The molecule has 1 rings (SSSR count). The highest BCUT2D eigenvalue weighted by atomic mass is 79.9. The number of hydrogen-bond acceptors (Lipinski definition) is 1. The predicted molar refractivity (Wildman–Crippen MR) is 39.3 cm³/mol. The van der Waals surface area contributed by atoms with Crippen molar-refractivity contribution in [2.75, 3.05) is 0 Å². The fourth-order valence-corrected chi connectivity index (χ4v) is 0.774. The van der Waals surface area contributed by atoms with E-state index in [-0.39, 0.29) is 0 Å².